The SMILES string of the molecule is CCCCCCCCCCCCCCCCCCCCCC(=O)OCCCCCCCCCCCC[C]=O. The third kappa shape index (κ3) is 33.2. The second-order valence-corrected chi connectivity index (χ2v) is 11.8. The van der Waals surface area contributed by atoms with Gasteiger partial charge in [-0.1, -0.05) is 174 Å². The van der Waals surface area contributed by atoms with E-state index in [1.807, 2.05) is 6.29 Å². The first-order chi connectivity index (χ1) is 18.8. The molecule has 0 aliphatic carbocycles. The van der Waals surface area contributed by atoms with Gasteiger partial charge in [0, 0.05) is 12.8 Å². The first-order valence-corrected chi connectivity index (χ1v) is 17.3. The minimum absolute atomic E-state index is 0.00385. The van der Waals surface area contributed by atoms with Crippen LogP contribution in [0.4, 0.5) is 0 Å². The molecule has 3 nitrogen and oxygen atoms in total. The summed E-state index contributed by atoms with van der Waals surface area (Å²) in [6, 6.07) is 0. The number of unbranched alkanes of at least 4 members (excludes halogenated alkanes) is 28. The maximum Gasteiger partial charge on any atom is 0.305 e. The van der Waals surface area contributed by atoms with Crippen LogP contribution in [0.5, 0.6) is 0 Å². The van der Waals surface area contributed by atoms with Crippen LogP contribution in [0.25, 0.3) is 0 Å². The molecule has 0 bridgehead atoms. The van der Waals surface area contributed by atoms with Crippen LogP contribution in [0.1, 0.15) is 206 Å². The molecule has 3 heteroatoms. The van der Waals surface area contributed by atoms with Crippen LogP contribution in [0.3, 0.4) is 0 Å². The predicted octanol–water partition coefficient (Wildman–Crippen LogP) is 11.8. The quantitative estimate of drug-likeness (QED) is 0.0620. The van der Waals surface area contributed by atoms with Gasteiger partial charge in [0.1, 0.15) is 0 Å². The van der Waals surface area contributed by atoms with Gasteiger partial charge in [-0.3, -0.25) is 9.59 Å². The highest BCUT2D eigenvalue weighted by molar-refractivity contribution is 5.69. The Morgan fingerprint density at radius 1 is 0.447 bits per heavy atom. The zero-order chi connectivity index (χ0) is 27.6. The molecule has 0 fully saturated rings. The third-order valence-electron chi connectivity index (χ3n) is 7.92. The van der Waals surface area contributed by atoms with Crippen molar-refractivity contribution in [2.24, 2.45) is 0 Å². The maximum atomic E-state index is 11.9. The molecular weight excluding hydrogens is 468 g/mol. The maximum absolute atomic E-state index is 11.9. The Balaban J connectivity index is 3.14. The molecule has 0 aromatic carbocycles. The normalized spacial score (nSPS) is 11.2. The Morgan fingerprint density at radius 2 is 0.763 bits per heavy atom. The fourth-order valence-electron chi connectivity index (χ4n) is 5.32. The first-order valence-electron chi connectivity index (χ1n) is 17.3. The van der Waals surface area contributed by atoms with Gasteiger partial charge in [-0.15, -0.1) is 0 Å². The van der Waals surface area contributed by atoms with Gasteiger partial charge in [-0.25, -0.2) is 0 Å². The van der Waals surface area contributed by atoms with Crippen LogP contribution >= 0.6 is 0 Å². The number of rotatable bonds is 33. The lowest BCUT2D eigenvalue weighted by molar-refractivity contribution is -0.143. The Kier molecular flexibility index (Phi) is 33.4. The summed E-state index contributed by atoms with van der Waals surface area (Å²) < 4.78 is 5.40. The summed E-state index contributed by atoms with van der Waals surface area (Å²) in [5, 5.41) is 0. The lowest BCUT2D eigenvalue weighted by Gasteiger charge is -2.06. The van der Waals surface area contributed by atoms with E-state index in [4.69, 9.17) is 4.74 Å². The topological polar surface area (TPSA) is 43.4 Å². The second kappa shape index (κ2) is 34.2. The van der Waals surface area contributed by atoms with Gasteiger partial charge in [0.15, 0.2) is 6.29 Å². The zero-order valence-corrected chi connectivity index (χ0v) is 25.9. The summed E-state index contributed by atoms with van der Waals surface area (Å²) in [7, 11) is 0. The van der Waals surface area contributed by atoms with Crippen LogP contribution in [0.15, 0.2) is 0 Å². The molecule has 0 N–H and O–H groups in total. The standard InChI is InChI=1S/C35H67O3/c1-2-3-4-5-6-7-8-9-10-11-12-13-14-15-17-20-23-26-29-32-35(37)38-34-31-28-25-22-19-16-18-21-24-27-30-33-36/h2-32,34H2,1H3. The molecule has 0 heterocycles. The average Bonchev–Trinajstić information content (AvgIpc) is 2.92. The molecule has 0 aromatic heterocycles. The van der Waals surface area contributed by atoms with Crippen molar-refractivity contribution in [2.45, 2.75) is 206 Å². The molecule has 1 radical (unpaired) electrons. The van der Waals surface area contributed by atoms with E-state index in [-0.39, 0.29) is 5.97 Å². The van der Waals surface area contributed by atoms with Crippen molar-refractivity contribution >= 4 is 12.3 Å². The molecular formula is C35H67O3. The van der Waals surface area contributed by atoms with Crippen molar-refractivity contribution in [3.63, 3.8) is 0 Å². The Hall–Kier alpha value is -0.860. The second-order valence-electron chi connectivity index (χ2n) is 11.8. The number of esters is 1. The minimum Gasteiger partial charge on any atom is -0.466 e. The Morgan fingerprint density at radius 3 is 1.13 bits per heavy atom. The van der Waals surface area contributed by atoms with Crippen LogP contribution in [0, 0.1) is 0 Å². The van der Waals surface area contributed by atoms with Gasteiger partial charge >= 0.3 is 5.97 Å². The van der Waals surface area contributed by atoms with Crippen LogP contribution < -0.4 is 0 Å². The van der Waals surface area contributed by atoms with E-state index in [0.29, 0.717) is 19.4 Å². The molecule has 38 heavy (non-hydrogen) atoms. The first kappa shape index (κ1) is 37.1. The largest absolute Gasteiger partial charge is 0.466 e. The van der Waals surface area contributed by atoms with Crippen molar-refractivity contribution in [1.29, 1.82) is 0 Å². The van der Waals surface area contributed by atoms with E-state index in [9.17, 15) is 9.59 Å². The summed E-state index contributed by atoms with van der Waals surface area (Å²) in [6.45, 7) is 2.89. The van der Waals surface area contributed by atoms with E-state index in [1.54, 1.807) is 0 Å². The van der Waals surface area contributed by atoms with E-state index >= 15 is 0 Å². The van der Waals surface area contributed by atoms with E-state index < -0.39 is 0 Å². The van der Waals surface area contributed by atoms with E-state index in [1.165, 1.54) is 167 Å². The molecule has 0 spiro atoms. The lowest BCUT2D eigenvalue weighted by Crippen LogP contribution is -2.05. The van der Waals surface area contributed by atoms with Crippen molar-refractivity contribution < 1.29 is 14.3 Å². The van der Waals surface area contributed by atoms with Crippen molar-refractivity contribution in [1.82, 2.24) is 0 Å². The summed E-state index contributed by atoms with van der Waals surface area (Å²) >= 11 is 0. The number of hydrogen-bond donors (Lipinski definition) is 0. The molecule has 0 rings (SSSR count). The molecule has 0 atom stereocenters. The highest BCUT2D eigenvalue weighted by Crippen LogP contribution is 2.15. The molecule has 0 aromatic rings. The number of ether oxygens (including phenoxy) is 1. The van der Waals surface area contributed by atoms with Gasteiger partial charge in [0.25, 0.3) is 0 Å². The average molecular weight is 536 g/mol. The number of carbonyl (C=O) groups is 1. The molecule has 0 saturated carbocycles. The predicted molar refractivity (Wildman–Crippen MR) is 165 cm³/mol. The third-order valence-corrected chi connectivity index (χ3v) is 7.92. The minimum atomic E-state index is 0.00385. The smallest absolute Gasteiger partial charge is 0.305 e. The highest BCUT2D eigenvalue weighted by atomic mass is 16.5. The molecule has 0 aliphatic heterocycles. The number of hydrogen-bond acceptors (Lipinski definition) is 3. The highest BCUT2D eigenvalue weighted by Gasteiger charge is 2.03. The monoisotopic (exact) mass is 536 g/mol. The van der Waals surface area contributed by atoms with Gasteiger partial charge < -0.3 is 4.74 Å². The summed E-state index contributed by atoms with van der Waals surface area (Å²) in [5.74, 6) is 0.00385. The molecule has 0 amide bonds. The number of carbonyl (C=O) groups excluding carboxylic acids is 2. The van der Waals surface area contributed by atoms with Crippen LogP contribution in [0.2, 0.25) is 0 Å². The fourth-order valence-corrected chi connectivity index (χ4v) is 5.32. The zero-order valence-electron chi connectivity index (χ0n) is 25.9. The lowest BCUT2D eigenvalue weighted by atomic mass is 10.0. The van der Waals surface area contributed by atoms with E-state index in [2.05, 4.69) is 6.92 Å². The Bertz CT molecular complexity index is 462. The van der Waals surface area contributed by atoms with Gasteiger partial charge in [-0.2, -0.15) is 0 Å². The summed E-state index contributed by atoms with van der Waals surface area (Å²) in [4.78, 5) is 22.0. The van der Waals surface area contributed by atoms with E-state index in [0.717, 1.165) is 19.3 Å². The molecule has 225 valence electrons. The van der Waals surface area contributed by atoms with Crippen molar-refractivity contribution in [3.05, 3.63) is 0 Å². The van der Waals surface area contributed by atoms with Gasteiger partial charge in [0.2, 0.25) is 0 Å². The molecule has 0 aliphatic rings. The fraction of sp³-hybridized carbons (Fsp3) is 0.943. The van der Waals surface area contributed by atoms with Crippen molar-refractivity contribution in [3.8, 4) is 0 Å². The molecule has 0 unspecified atom stereocenters. The van der Waals surface area contributed by atoms with Crippen molar-refractivity contribution in [2.75, 3.05) is 6.61 Å². The van der Waals surface area contributed by atoms with Crippen LogP contribution in [-0.2, 0) is 14.3 Å². The van der Waals surface area contributed by atoms with Gasteiger partial charge in [-0.05, 0) is 19.3 Å². The van der Waals surface area contributed by atoms with Crippen LogP contribution in [-0.4, -0.2) is 18.9 Å². The summed E-state index contributed by atoms with van der Waals surface area (Å²) in [5.41, 5.74) is 0. The van der Waals surface area contributed by atoms with Gasteiger partial charge in [0.05, 0.1) is 6.61 Å². The summed E-state index contributed by atoms with van der Waals surface area (Å²) in [6.07, 6.45) is 41.3. The Labute approximate surface area is 239 Å². The molecule has 0 saturated heterocycles.